The molecule has 20 heavy (non-hydrogen) atoms. The molecule has 110 valence electrons. The van der Waals surface area contributed by atoms with Crippen molar-refractivity contribution in [2.45, 2.75) is 18.9 Å². The largest absolute Gasteiger partial charge is 0.484 e. The van der Waals surface area contributed by atoms with Crippen molar-refractivity contribution in [1.82, 2.24) is 4.90 Å². The van der Waals surface area contributed by atoms with E-state index >= 15 is 0 Å². The van der Waals surface area contributed by atoms with Crippen LogP contribution in [0.5, 0.6) is 5.75 Å². The second-order valence-electron chi connectivity index (χ2n) is 4.84. The summed E-state index contributed by atoms with van der Waals surface area (Å²) in [4.78, 5) is 13.9. The smallest absolute Gasteiger partial charge is 0.260 e. The first-order valence-corrected chi connectivity index (χ1v) is 7.07. The number of carbonyl (C=O) groups is 1. The van der Waals surface area contributed by atoms with E-state index in [-0.39, 0.29) is 18.6 Å². The van der Waals surface area contributed by atoms with Crippen LogP contribution in [0.1, 0.15) is 12.8 Å². The molecule has 2 N–H and O–H groups in total. The highest BCUT2D eigenvalue weighted by molar-refractivity contribution is 5.77. The van der Waals surface area contributed by atoms with Crippen molar-refractivity contribution >= 4 is 5.91 Å². The highest BCUT2D eigenvalue weighted by Crippen LogP contribution is 2.14. The Hall–Kier alpha value is -1.59. The minimum Gasteiger partial charge on any atom is -0.484 e. The number of para-hydroxylation sites is 1. The van der Waals surface area contributed by atoms with Crippen LogP contribution in [0, 0.1) is 0 Å². The zero-order chi connectivity index (χ0) is 14.2. The molecule has 1 aliphatic rings. The molecule has 1 fully saturated rings. The first kappa shape index (κ1) is 14.8. The molecular weight excluding hydrogens is 256 g/mol. The fourth-order valence-corrected chi connectivity index (χ4v) is 2.26. The van der Waals surface area contributed by atoms with Crippen molar-refractivity contribution < 1.29 is 14.3 Å². The van der Waals surface area contributed by atoms with Gasteiger partial charge in [-0.2, -0.15) is 0 Å². The third kappa shape index (κ3) is 4.51. The van der Waals surface area contributed by atoms with Gasteiger partial charge < -0.3 is 20.1 Å². The summed E-state index contributed by atoms with van der Waals surface area (Å²) >= 11 is 0. The Morgan fingerprint density at radius 3 is 2.60 bits per heavy atom. The van der Waals surface area contributed by atoms with Gasteiger partial charge in [0, 0.05) is 19.6 Å². The average molecular weight is 278 g/mol. The Kier molecular flexibility index (Phi) is 5.83. The molecule has 1 aromatic rings. The van der Waals surface area contributed by atoms with Gasteiger partial charge in [0.05, 0.1) is 12.7 Å². The third-order valence-corrected chi connectivity index (χ3v) is 3.37. The van der Waals surface area contributed by atoms with Gasteiger partial charge in [0.2, 0.25) is 0 Å². The molecule has 1 amide bonds. The minimum atomic E-state index is 0.0335. The Morgan fingerprint density at radius 2 is 1.95 bits per heavy atom. The van der Waals surface area contributed by atoms with Crippen molar-refractivity contribution in [1.29, 1.82) is 0 Å². The summed E-state index contributed by atoms with van der Waals surface area (Å²) in [5.74, 6) is 0.758. The molecule has 1 aromatic carbocycles. The zero-order valence-electron chi connectivity index (χ0n) is 11.7. The van der Waals surface area contributed by atoms with E-state index in [0.29, 0.717) is 13.2 Å². The van der Waals surface area contributed by atoms with Gasteiger partial charge in [-0.15, -0.1) is 0 Å². The molecule has 5 nitrogen and oxygen atoms in total. The predicted molar refractivity (Wildman–Crippen MR) is 76.5 cm³/mol. The number of hydrogen-bond donors (Lipinski definition) is 1. The van der Waals surface area contributed by atoms with Gasteiger partial charge in [0.15, 0.2) is 6.61 Å². The topological polar surface area (TPSA) is 64.8 Å². The SMILES string of the molecule is NCCOC1CCN(C(=O)COc2ccccc2)CC1. The number of piperidine rings is 1. The fraction of sp³-hybridized carbons (Fsp3) is 0.533. The predicted octanol–water partition coefficient (Wildman–Crippen LogP) is 1.03. The molecule has 0 spiro atoms. The van der Waals surface area contributed by atoms with E-state index in [9.17, 15) is 4.79 Å². The lowest BCUT2D eigenvalue weighted by molar-refractivity contribution is -0.136. The zero-order valence-corrected chi connectivity index (χ0v) is 11.7. The van der Waals surface area contributed by atoms with Crippen molar-refractivity contribution in [3.63, 3.8) is 0 Å². The normalized spacial score (nSPS) is 16.1. The maximum atomic E-state index is 12.0. The first-order chi connectivity index (χ1) is 9.79. The molecule has 0 unspecified atom stereocenters. The summed E-state index contributed by atoms with van der Waals surface area (Å²) < 4.78 is 11.1. The van der Waals surface area contributed by atoms with E-state index in [0.717, 1.165) is 31.7 Å². The summed E-state index contributed by atoms with van der Waals surface area (Å²) in [5, 5.41) is 0. The van der Waals surface area contributed by atoms with Crippen LogP contribution in [0.3, 0.4) is 0 Å². The highest BCUT2D eigenvalue weighted by atomic mass is 16.5. The minimum absolute atomic E-state index is 0.0335. The molecule has 0 bridgehead atoms. The Bertz CT molecular complexity index is 403. The molecule has 1 saturated heterocycles. The van der Waals surface area contributed by atoms with E-state index < -0.39 is 0 Å². The van der Waals surface area contributed by atoms with Gasteiger partial charge in [-0.05, 0) is 25.0 Å². The number of nitrogens with zero attached hydrogens (tertiary/aromatic N) is 1. The van der Waals surface area contributed by atoms with Gasteiger partial charge in [-0.3, -0.25) is 4.79 Å². The van der Waals surface area contributed by atoms with Gasteiger partial charge in [-0.1, -0.05) is 18.2 Å². The lowest BCUT2D eigenvalue weighted by atomic mass is 10.1. The van der Waals surface area contributed by atoms with E-state index in [1.807, 2.05) is 35.2 Å². The van der Waals surface area contributed by atoms with Crippen LogP contribution >= 0.6 is 0 Å². The van der Waals surface area contributed by atoms with Crippen LogP contribution in [0.25, 0.3) is 0 Å². The van der Waals surface area contributed by atoms with E-state index in [1.165, 1.54) is 0 Å². The van der Waals surface area contributed by atoms with Crippen LogP contribution < -0.4 is 10.5 Å². The molecule has 1 heterocycles. The number of hydrogen-bond acceptors (Lipinski definition) is 4. The summed E-state index contributed by atoms with van der Waals surface area (Å²) in [6.45, 7) is 2.69. The summed E-state index contributed by atoms with van der Waals surface area (Å²) in [6, 6.07) is 9.39. The Balaban J connectivity index is 1.69. The van der Waals surface area contributed by atoms with Crippen molar-refractivity contribution in [3.8, 4) is 5.75 Å². The van der Waals surface area contributed by atoms with Crippen LogP contribution in [0.15, 0.2) is 30.3 Å². The summed E-state index contributed by atoms with van der Waals surface area (Å²) in [6.07, 6.45) is 1.98. The lowest BCUT2D eigenvalue weighted by Gasteiger charge is -2.31. The first-order valence-electron chi connectivity index (χ1n) is 7.07. The van der Waals surface area contributed by atoms with E-state index in [2.05, 4.69) is 0 Å². The second-order valence-corrected chi connectivity index (χ2v) is 4.84. The number of rotatable bonds is 6. The van der Waals surface area contributed by atoms with E-state index in [1.54, 1.807) is 0 Å². The highest BCUT2D eigenvalue weighted by Gasteiger charge is 2.23. The number of benzene rings is 1. The van der Waals surface area contributed by atoms with Crippen LogP contribution in [0.4, 0.5) is 0 Å². The number of amides is 1. The van der Waals surface area contributed by atoms with Crippen molar-refractivity contribution in [3.05, 3.63) is 30.3 Å². The molecule has 0 aromatic heterocycles. The lowest BCUT2D eigenvalue weighted by Crippen LogP contribution is -2.43. The molecule has 0 radical (unpaired) electrons. The van der Waals surface area contributed by atoms with Gasteiger partial charge in [0.25, 0.3) is 5.91 Å². The molecule has 1 aliphatic heterocycles. The Morgan fingerprint density at radius 1 is 1.25 bits per heavy atom. The maximum absolute atomic E-state index is 12.0. The molecule has 0 aliphatic carbocycles. The van der Waals surface area contributed by atoms with Crippen LogP contribution in [-0.4, -0.2) is 49.8 Å². The van der Waals surface area contributed by atoms with Gasteiger partial charge >= 0.3 is 0 Å². The van der Waals surface area contributed by atoms with Crippen LogP contribution in [-0.2, 0) is 9.53 Å². The third-order valence-electron chi connectivity index (χ3n) is 3.37. The quantitative estimate of drug-likeness (QED) is 0.844. The molecule has 5 heteroatoms. The van der Waals surface area contributed by atoms with E-state index in [4.69, 9.17) is 15.2 Å². The molecule has 0 saturated carbocycles. The number of likely N-dealkylation sites (tertiary alicyclic amines) is 1. The van der Waals surface area contributed by atoms with Gasteiger partial charge in [0.1, 0.15) is 5.75 Å². The monoisotopic (exact) mass is 278 g/mol. The summed E-state index contributed by atoms with van der Waals surface area (Å²) in [7, 11) is 0. The molecular formula is C15H22N2O3. The molecule has 0 atom stereocenters. The van der Waals surface area contributed by atoms with Crippen molar-refractivity contribution in [2.24, 2.45) is 5.73 Å². The standard InChI is InChI=1S/C15H22N2O3/c16-8-11-19-14-6-9-17(10-7-14)15(18)12-20-13-4-2-1-3-5-13/h1-5,14H,6-12,16H2. The fourth-order valence-electron chi connectivity index (χ4n) is 2.26. The maximum Gasteiger partial charge on any atom is 0.260 e. The average Bonchev–Trinajstić information content (AvgIpc) is 2.52. The van der Waals surface area contributed by atoms with Crippen LogP contribution in [0.2, 0.25) is 0 Å². The number of carbonyl (C=O) groups excluding carboxylic acids is 1. The number of nitrogens with two attached hydrogens (primary N) is 1. The molecule has 2 rings (SSSR count). The Labute approximate surface area is 119 Å². The van der Waals surface area contributed by atoms with Gasteiger partial charge in [-0.25, -0.2) is 0 Å². The van der Waals surface area contributed by atoms with Crippen molar-refractivity contribution in [2.75, 3.05) is 32.8 Å². The second kappa shape index (κ2) is 7.87. The summed E-state index contributed by atoms with van der Waals surface area (Å²) in [5.41, 5.74) is 5.41. The number of ether oxygens (including phenoxy) is 2.